The van der Waals surface area contributed by atoms with E-state index in [0.29, 0.717) is 0 Å². The number of anilines is 1. The van der Waals surface area contributed by atoms with Crippen LogP contribution in [0.1, 0.15) is 38.2 Å². The van der Waals surface area contributed by atoms with E-state index >= 15 is 0 Å². The van der Waals surface area contributed by atoms with Crippen LogP contribution in [-0.4, -0.2) is 26.8 Å². The van der Waals surface area contributed by atoms with E-state index < -0.39 is 0 Å². The van der Waals surface area contributed by atoms with Crippen molar-refractivity contribution in [3.8, 4) is 5.69 Å². The van der Waals surface area contributed by atoms with E-state index in [0.717, 1.165) is 29.8 Å². The van der Waals surface area contributed by atoms with Crippen molar-refractivity contribution in [1.29, 1.82) is 0 Å². The second-order valence-electron chi connectivity index (χ2n) is 6.21. The largest absolute Gasteiger partial charge is 0.332 e. The number of urea groups is 1. The fraction of sp³-hybridized carbons (Fsp3) is 0.389. The van der Waals surface area contributed by atoms with Crippen LogP contribution in [0.3, 0.4) is 0 Å². The van der Waals surface area contributed by atoms with E-state index in [4.69, 9.17) is 0 Å². The Morgan fingerprint density at radius 1 is 1.25 bits per heavy atom. The number of hydrogen-bond donors (Lipinski definition) is 2. The van der Waals surface area contributed by atoms with Crippen molar-refractivity contribution in [2.24, 2.45) is 0 Å². The van der Waals surface area contributed by atoms with Crippen LogP contribution in [0.4, 0.5) is 10.5 Å². The van der Waals surface area contributed by atoms with E-state index in [1.807, 2.05) is 32.0 Å². The molecule has 2 N–H and O–H groups in total. The number of benzene rings is 1. The van der Waals surface area contributed by atoms with E-state index in [2.05, 4.69) is 26.9 Å². The molecule has 6 heteroatoms. The molecule has 1 aliphatic rings. The molecule has 0 radical (unpaired) electrons. The zero-order valence-electron chi connectivity index (χ0n) is 14.1. The van der Waals surface area contributed by atoms with Gasteiger partial charge in [0.15, 0.2) is 0 Å². The smallest absolute Gasteiger partial charge is 0.319 e. The lowest BCUT2D eigenvalue weighted by atomic mass is 9.95. The summed E-state index contributed by atoms with van der Waals surface area (Å²) in [6.45, 7) is 4.01. The van der Waals surface area contributed by atoms with E-state index in [9.17, 15) is 4.79 Å². The topological polar surface area (TPSA) is 71.8 Å². The van der Waals surface area contributed by atoms with Crippen LogP contribution in [0, 0.1) is 6.92 Å². The van der Waals surface area contributed by atoms with Crippen LogP contribution >= 0.6 is 0 Å². The first kappa shape index (κ1) is 16.2. The molecule has 0 bridgehead atoms. The van der Waals surface area contributed by atoms with Gasteiger partial charge in [-0.1, -0.05) is 17.7 Å². The molecule has 0 spiro atoms. The Labute approximate surface area is 142 Å². The lowest BCUT2D eigenvalue weighted by molar-refractivity contribution is 0.250. The van der Waals surface area contributed by atoms with Gasteiger partial charge in [0, 0.05) is 11.7 Å². The van der Waals surface area contributed by atoms with Gasteiger partial charge in [0.25, 0.3) is 0 Å². The molecule has 24 heavy (non-hydrogen) atoms. The van der Waals surface area contributed by atoms with Crippen LogP contribution < -0.4 is 10.6 Å². The van der Waals surface area contributed by atoms with Crippen LogP contribution in [0.25, 0.3) is 5.69 Å². The molecule has 0 fully saturated rings. The van der Waals surface area contributed by atoms with Crippen molar-refractivity contribution < 1.29 is 4.79 Å². The molecule has 126 valence electrons. The molecule has 3 rings (SSSR count). The summed E-state index contributed by atoms with van der Waals surface area (Å²) < 4.78 is 1.80. The Morgan fingerprint density at radius 2 is 2.04 bits per heavy atom. The third-order valence-electron chi connectivity index (χ3n) is 4.42. The maximum Gasteiger partial charge on any atom is 0.319 e. The average molecular weight is 325 g/mol. The number of rotatable bonds is 4. The first-order valence-corrected chi connectivity index (χ1v) is 8.35. The van der Waals surface area contributed by atoms with Crippen LogP contribution in [0.5, 0.6) is 0 Å². The zero-order valence-corrected chi connectivity index (χ0v) is 14.1. The standard InChI is InChI=1S/C18H23N5O/c1-13-8-9-16(23-11-19-20-12-23)10-17(13)22-18(24)21-14(2)15-6-4-3-5-7-15/h6,8-12,14H,3-5,7H2,1-2H3,(H2,21,22,24)/t14-/m0/s1. The Bertz CT molecular complexity index is 736. The molecule has 2 aromatic rings. The number of amides is 2. The maximum atomic E-state index is 12.3. The van der Waals surface area contributed by atoms with Gasteiger partial charge in [-0.05, 0) is 57.2 Å². The Balaban J connectivity index is 1.67. The lowest BCUT2D eigenvalue weighted by Crippen LogP contribution is -2.37. The summed E-state index contributed by atoms with van der Waals surface area (Å²) in [4.78, 5) is 12.3. The molecule has 0 aliphatic heterocycles. The number of carbonyl (C=O) groups is 1. The number of allylic oxidation sites excluding steroid dienone is 1. The fourth-order valence-electron chi connectivity index (χ4n) is 2.94. The highest BCUT2D eigenvalue weighted by atomic mass is 16.2. The monoisotopic (exact) mass is 325 g/mol. The normalized spacial score (nSPS) is 15.5. The number of aryl methyl sites for hydroxylation is 1. The van der Waals surface area contributed by atoms with Gasteiger partial charge in [0.1, 0.15) is 12.7 Å². The van der Waals surface area contributed by atoms with E-state index in [-0.39, 0.29) is 12.1 Å². The lowest BCUT2D eigenvalue weighted by Gasteiger charge is -2.21. The fourth-order valence-corrected chi connectivity index (χ4v) is 2.94. The number of nitrogens with one attached hydrogen (secondary N) is 2. The first-order chi connectivity index (χ1) is 11.6. The summed E-state index contributed by atoms with van der Waals surface area (Å²) in [6.07, 6.45) is 10.2. The summed E-state index contributed by atoms with van der Waals surface area (Å²) in [5, 5.41) is 13.6. The molecule has 1 atom stereocenters. The summed E-state index contributed by atoms with van der Waals surface area (Å²) in [5.41, 5.74) is 4.02. The Kier molecular flexibility index (Phi) is 4.93. The molecule has 1 heterocycles. The predicted molar refractivity (Wildman–Crippen MR) is 94.3 cm³/mol. The van der Waals surface area contributed by atoms with Crippen molar-refractivity contribution in [2.75, 3.05) is 5.32 Å². The minimum absolute atomic E-state index is 0.0617. The van der Waals surface area contributed by atoms with Crippen molar-refractivity contribution in [1.82, 2.24) is 20.1 Å². The highest BCUT2D eigenvalue weighted by molar-refractivity contribution is 5.90. The second kappa shape index (κ2) is 7.29. The zero-order chi connectivity index (χ0) is 16.9. The molecule has 1 aromatic heterocycles. The van der Waals surface area contributed by atoms with Gasteiger partial charge >= 0.3 is 6.03 Å². The molecular formula is C18H23N5O. The predicted octanol–water partition coefficient (Wildman–Crippen LogP) is 3.59. The Morgan fingerprint density at radius 3 is 2.75 bits per heavy atom. The minimum Gasteiger partial charge on any atom is -0.332 e. The highest BCUT2D eigenvalue weighted by Gasteiger charge is 2.14. The van der Waals surface area contributed by atoms with E-state index in [1.165, 1.54) is 18.4 Å². The molecule has 1 aliphatic carbocycles. The molecule has 6 nitrogen and oxygen atoms in total. The minimum atomic E-state index is -0.182. The van der Waals surface area contributed by atoms with Gasteiger partial charge in [-0.3, -0.25) is 4.57 Å². The number of aromatic nitrogens is 3. The van der Waals surface area contributed by atoms with Gasteiger partial charge in [0.2, 0.25) is 0 Å². The number of nitrogens with zero attached hydrogens (tertiary/aromatic N) is 3. The highest BCUT2D eigenvalue weighted by Crippen LogP contribution is 2.21. The van der Waals surface area contributed by atoms with Crippen molar-refractivity contribution in [3.63, 3.8) is 0 Å². The van der Waals surface area contributed by atoms with Crippen LogP contribution in [0.15, 0.2) is 42.5 Å². The van der Waals surface area contributed by atoms with Gasteiger partial charge in [0.05, 0.1) is 5.69 Å². The SMILES string of the molecule is Cc1ccc(-n2cnnc2)cc1NC(=O)N[C@@H](C)C1=CCCCC1. The van der Waals surface area contributed by atoms with Gasteiger partial charge < -0.3 is 10.6 Å². The third kappa shape index (κ3) is 3.82. The Hall–Kier alpha value is -2.63. The molecular weight excluding hydrogens is 302 g/mol. The van der Waals surface area contributed by atoms with Crippen molar-refractivity contribution >= 4 is 11.7 Å². The third-order valence-corrected chi connectivity index (χ3v) is 4.42. The summed E-state index contributed by atoms with van der Waals surface area (Å²) in [5.74, 6) is 0. The molecule has 0 saturated heterocycles. The number of carbonyl (C=O) groups excluding carboxylic acids is 1. The van der Waals surface area contributed by atoms with Crippen molar-refractivity contribution in [3.05, 3.63) is 48.1 Å². The van der Waals surface area contributed by atoms with Gasteiger partial charge in [-0.25, -0.2) is 4.79 Å². The summed E-state index contributed by atoms with van der Waals surface area (Å²) in [7, 11) is 0. The quantitative estimate of drug-likeness (QED) is 0.844. The van der Waals surface area contributed by atoms with Crippen LogP contribution in [-0.2, 0) is 0 Å². The first-order valence-electron chi connectivity index (χ1n) is 8.35. The average Bonchev–Trinajstić information content (AvgIpc) is 3.12. The summed E-state index contributed by atoms with van der Waals surface area (Å²) in [6, 6.07) is 5.74. The summed E-state index contributed by atoms with van der Waals surface area (Å²) >= 11 is 0. The van der Waals surface area contributed by atoms with Crippen LogP contribution in [0.2, 0.25) is 0 Å². The molecule has 0 saturated carbocycles. The second-order valence-corrected chi connectivity index (χ2v) is 6.21. The van der Waals surface area contributed by atoms with E-state index in [1.54, 1.807) is 17.2 Å². The molecule has 1 aromatic carbocycles. The number of hydrogen-bond acceptors (Lipinski definition) is 3. The van der Waals surface area contributed by atoms with Gasteiger partial charge in [-0.15, -0.1) is 10.2 Å². The van der Waals surface area contributed by atoms with Gasteiger partial charge in [-0.2, -0.15) is 0 Å². The molecule has 0 unspecified atom stereocenters. The maximum absolute atomic E-state index is 12.3. The molecule has 2 amide bonds. The van der Waals surface area contributed by atoms with Crippen molar-refractivity contribution in [2.45, 2.75) is 45.6 Å².